The van der Waals surface area contributed by atoms with Crippen molar-refractivity contribution in [3.8, 4) is 5.75 Å². The van der Waals surface area contributed by atoms with Crippen molar-refractivity contribution in [3.05, 3.63) is 30.0 Å². The molecule has 6 nitrogen and oxygen atoms in total. The molecule has 1 aromatic heterocycles. The molecule has 2 N–H and O–H groups in total. The molecule has 1 amide bonds. The molecule has 0 radical (unpaired) electrons. The molecule has 0 fully saturated rings. The third kappa shape index (κ3) is 2.67. The summed E-state index contributed by atoms with van der Waals surface area (Å²) in [5.41, 5.74) is 1.59. The van der Waals surface area contributed by atoms with Crippen LogP contribution in [0.2, 0.25) is 0 Å². The molecule has 1 aromatic carbocycles. The Bertz CT molecular complexity index is 618. The Labute approximate surface area is 109 Å². The zero-order valence-electron chi connectivity index (χ0n) is 10.4. The summed E-state index contributed by atoms with van der Waals surface area (Å²) in [6.07, 6.45) is 2.43. The van der Waals surface area contributed by atoms with E-state index in [4.69, 9.17) is 0 Å². The number of fused-ring (bicyclic) bond motifs is 1. The van der Waals surface area contributed by atoms with Crippen LogP contribution in [0.15, 0.2) is 24.4 Å². The number of carbonyl (C=O) groups excluding carboxylic acids is 2. The van der Waals surface area contributed by atoms with Gasteiger partial charge in [0.05, 0.1) is 12.6 Å². The second kappa shape index (κ2) is 5.43. The van der Waals surface area contributed by atoms with Crippen LogP contribution in [0.5, 0.6) is 5.75 Å². The van der Waals surface area contributed by atoms with Gasteiger partial charge in [-0.05, 0) is 30.2 Å². The van der Waals surface area contributed by atoms with Crippen LogP contribution in [-0.2, 0) is 16.0 Å². The Balaban J connectivity index is 2.24. The fraction of sp³-hybridized carbons (Fsp3) is 0.231. The van der Waals surface area contributed by atoms with Crippen LogP contribution in [0.1, 0.15) is 5.56 Å². The minimum Gasteiger partial charge on any atom is -0.508 e. The maximum Gasteiger partial charge on any atom is 0.406 e. The first-order valence-corrected chi connectivity index (χ1v) is 5.75. The highest BCUT2D eigenvalue weighted by Crippen LogP contribution is 2.25. The second-order valence-corrected chi connectivity index (χ2v) is 4.04. The monoisotopic (exact) mass is 262 g/mol. The first-order valence-electron chi connectivity index (χ1n) is 5.75. The minimum absolute atomic E-state index is 0.137. The molecule has 0 aliphatic rings. The number of phenols is 1. The van der Waals surface area contributed by atoms with E-state index >= 15 is 0 Å². The van der Waals surface area contributed by atoms with Gasteiger partial charge < -0.3 is 15.2 Å². The maximum atomic E-state index is 11.0. The SMILES string of the molecule is COC(=O)NCCc1cn(C=O)c2ccc(O)cc12. The third-order valence-electron chi connectivity index (χ3n) is 2.86. The van der Waals surface area contributed by atoms with E-state index in [1.54, 1.807) is 18.3 Å². The lowest BCUT2D eigenvalue weighted by Crippen LogP contribution is -2.25. The van der Waals surface area contributed by atoms with E-state index in [2.05, 4.69) is 10.1 Å². The quantitative estimate of drug-likeness (QED) is 0.813. The molecule has 0 spiro atoms. The van der Waals surface area contributed by atoms with Crippen LogP contribution in [0.4, 0.5) is 4.79 Å². The third-order valence-corrected chi connectivity index (χ3v) is 2.86. The van der Waals surface area contributed by atoms with E-state index in [1.165, 1.54) is 17.7 Å². The molecular weight excluding hydrogens is 248 g/mol. The fourth-order valence-corrected chi connectivity index (χ4v) is 1.97. The zero-order valence-corrected chi connectivity index (χ0v) is 10.4. The van der Waals surface area contributed by atoms with E-state index in [0.717, 1.165) is 16.5 Å². The standard InChI is InChI=1S/C13H14N2O4/c1-19-13(18)14-5-4-9-7-15(8-16)12-3-2-10(17)6-11(9)12/h2-3,6-8,17H,4-5H2,1H3,(H,14,18). The summed E-state index contributed by atoms with van der Waals surface area (Å²) in [5.74, 6) is 0.137. The highest BCUT2D eigenvalue weighted by atomic mass is 16.5. The Morgan fingerprint density at radius 2 is 2.32 bits per heavy atom. The maximum absolute atomic E-state index is 11.0. The minimum atomic E-state index is -0.498. The number of phenolic OH excluding ortho intramolecular Hbond substituents is 1. The summed E-state index contributed by atoms with van der Waals surface area (Å²) in [7, 11) is 1.30. The predicted molar refractivity (Wildman–Crippen MR) is 69.9 cm³/mol. The molecule has 19 heavy (non-hydrogen) atoms. The van der Waals surface area contributed by atoms with Gasteiger partial charge in [-0.1, -0.05) is 0 Å². The summed E-state index contributed by atoms with van der Waals surface area (Å²) in [4.78, 5) is 21.9. The molecule has 0 atom stereocenters. The van der Waals surface area contributed by atoms with Crippen molar-refractivity contribution in [1.82, 2.24) is 9.88 Å². The molecule has 2 aromatic rings. The fourth-order valence-electron chi connectivity index (χ4n) is 1.97. The van der Waals surface area contributed by atoms with Crippen molar-refractivity contribution >= 4 is 23.4 Å². The number of nitrogens with zero attached hydrogens (tertiary/aromatic N) is 1. The number of hydrogen-bond acceptors (Lipinski definition) is 4. The Kier molecular flexibility index (Phi) is 3.70. The van der Waals surface area contributed by atoms with Crippen LogP contribution in [0.3, 0.4) is 0 Å². The van der Waals surface area contributed by atoms with Crippen LogP contribution in [-0.4, -0.2) is 35.8 Å². The number of methoxy groups -OCH3 is 1. The number of amides is 1. The summed E-state index contributed by atoms with van der Waals surface area (Å²) in [6, 6.07) is 4.80. The van der Waals surface area contributed by atoms with Gasteiger partial charge in [-0.25, -0.2) is 4.79 Å². The van der Waals surface area contributed by atoms with Gasteiger partial charge in [0, 0.05) is 18.1 Å². The number of aromatic hydroxyl groups is 1. The van der Waals surface area contributed by atoms with E-state index in [9.17, 15) is 14.7 Å². The van der Waals surface area contributed by atoms with Gasteiger partial charge in [0.25, 0.3) is 0 Å². The molecule has 0 aliphatic heterocycles. The summed E-state index contributed by atoms with van der Waals surface area (Å²) >= 11 is 0. The number of benzene rings is 1. The van der Waals surface area contributed by atoms with Crippen molar-refractivity contribution < 1.29 is 19.4 Å². The highest BCUT2D eigenvalue weighted by molar-refractivity contribution is 5.89. The van der Waals surface area contributed by atoms with Crippen LogP contribution < -0.4 is 5.32 Å². The largest absolute Gasteiger partial charge is 0.508 e. The molecule has 1 heterocycles. The number of ether oxygens (including phenoxy) is 1. The average Bonchev–Trinajstić information content (AvgIpc) is 2.76. The Morgan fingerprint density at radius 1 is 1.53 bits per heavy atom. The predicted octanol–water partition coefficient (Wildman–Crippen LogP) is 1.28. The molecule has 100 valence electrons. The number of nitrogens with one attached hydrogen (secondary N) is 1. The van der Waals surface area contributed by atoms with E-state index < -0.39 is 6.09 Å². The molecule has 0 saturated carbocycles. The number of alkyl carbamates (subject to hydrolysis) is 1. The summed E-state index contributed by atoms with van der Waals surface area (Å²) < 4.78 is 5.92. The molecular formula is C13H14N2O4. The molecule has 0 aliphatic carbocycles. The number of carbonyl (C=O) groups is 2. The van der Waals surface area contributed by atoms with Crippen LogP contribution in [0, 0.1) is 0 Å². The average molecular weight is 262 g/mol. The molecule has 0 unspecified atom stereocenters. The summed E-state index contributed by atoms with van der Waals surface area (Å²) in [6.45, 7) is 0.389. The van der Waals surface area contributed by atoms with Gasteiger partial charge in [0.15, 0.2) is 0 Å². The van der Waals surface area contributed by atoms with Crippen molar-refractivity contribution in [1.29, 1.82) is 0 Å². The van der Waals surface area contributed by atoms with E-state index in [0.29, 0.717) is 19.4 Å². The first kappa shape index (κ1) is 12.9. The van der Waals surface area contributed by atoms with E-state index in [1.807, 2.05) is 0 Å². The first-order chi connectivity index (χ1) is 9.15. The van der Waals surface area contributed by atoms with Gasteiger partial charge in [-0.2, -0.15) is 0 Å². The van der Waals surface area contributed by atoms with Gasteiger partial charge in [0.1, 0.15) is 5.75 Å². The molecule has 2 rings (SSSR count). The topological polar surface area (TPSA) is 80.6 Å². The van der Waals surface area contributed by atoms with Gasteiger partial charge in [-0.15, -0.1) is 0 Å². The van der Waals surface area contributed by atoms with E-state index in [-0.39, 0.29) is 5.75 Å². The van der Waals surface area contributed by atoms with Gasteiger partial charge >= 0.3 is 6.09 Å². The van der Waals surface area contributed by atoms with Crippen molar-refractivity contribution in [3.63, 3.8) is 0 Å². The number of aromatic nitrogens is 1. The normalized spacial score (nSPS) is 10.4. The smallest absolute Gasteiger partial charge is 0.406 e. The van der Waals surface area contributed by atoms with Crippen molar-refractivity contribution in [2.45, 2.75) is 6.42 Å². The zero-order chi connectivity index (χ0) is 13.8. The molecule has 6 heteroatoms. The number of hydrogen-bond donors (Lipinski definition) is 2. The second-order valence-electron chi connectivity index (χ2n) is 4.04. The molecule has 0 saturated heterocycles. The van der Waals surface area contributed by atoms with Crippen molar-refractivity contribution in [2.75, 3.05) is 13.7 Å². The van der Waals surface area contributed by atoms with Gasteiger partial charge in [0.2, 0.25) is 6.41 Å². The lowest BCUT2D eigenvalue weighted by atomic mass is 10.1. The Hall–Kier alpha value is -2.50. The molecule has 0 bridgehead atoms. The Morgan fingerprint density at radius 3 is 3.00 bits per heavy atom. The highest BCUT2D eigenvalue weighted by Gasteiger charge is 2.09. The van der Waals surface area contributed by atoms with Crippen molar-refractivity contribution in [2.24, 2.45) is 0 Å². The lowest BCUT2D eigenvalue weighted by molar-refractivity contribution is 0.171. The summed E-state index contributed by atoms with van der Waals surface area (Å²) in [5, 5.41) is 12.9. The van der Waals surface area contributed by atoms with Crippen LogP contribution in [0.25, 0.3) is 10.9 Å². The lowest BCUT2D eigenvalue weighted by Gasteiger charge is -2.02. The van der Waals surface area contributed by atoms with Crippen LogP contribution >= 0.6 is 0 Å². The van der Waals surface area contributed by atoms with Gasteiger partial charge in [-0.3, -0.25) is 9.36 Å². The number of rotatable bonds is 4.